The van der Waals surface area contributed by atoms with E-state index < -0.39 is 17.9 Å². The molecule has 0 N–H and O–H groups in total. The zero-order chi connectivity index (χ0) is 25.4. The molecule has 36 heavy (non-hydrogen) atoms. The number of pyridine rings is 1. The van der Waals surface area contributed by atoms with Crippen LogP contribution in [0, 0.1) is 17.1 Å². The van der Waals surface area contributed by atoms with Gasteiger partial charge in [-0.15, -0.1) is 0 Å². The Bertz CT molecular complexity index is 1490. The van der Waals surface area contributed by atoms with Crippen LogP contribution in [0.15, 0.2) is 55.1 Å². The van der Waals surface area contributed by atoms with Gasteiger partial charge in [0.15, 0.2) is 11.8 Å². The minimum atomic E-state index is -1.56. The quantitative estimate of drug-likeness (QED) is 0.434. The fourth-order valence-corrected chi connectivity index (χ4v) is 4.67. The van der Waals surface area contributed by atoms with E-state index in [1.165, 1.54) is 30.4 Å². The first-order valence-corrected chi connectivity index (χ1v) is 11.6. The maximum Gasteiger partial charge on any atom is 0.256 e. The second kappa shape index (κ2) is 9.34. The summed E-state index contributed by atoms with van der Waals surface area (Å²) in [6.07, 6.45) is 3.16. The molecule has 0 aliphatic carbocycles. The summed E-state index contributed by atoms with van der Waals surface area (Å²) < 4.78 is 30.4. The van der Waals surface area contributed by atoms with Crippen molar-refractivity contribution in [3.63, 3.8) is 0 Å². The average molecular weight is 488 g/mol. The van der Waals surface area contributed by atoms with Gasteiger partial charge in [-0.2, -0.15) is 5.26 Å². The molecule has 182 valence electrons. The zero-order valence-electron chi connectivity index (χ0n) is 19.8. The molecule has 4 aromatic rings. The van der Waals surface area contributed by atoms with Crippen LogP contribution in [0.5, 0.6) is 0 Å². The number of benzene rings is 1. The molecule has 10 heteroatoms. The molecule has 5 rings (SSSR count). The molecule has 3 aromatic heterocycles. The van der Waals surface area contributed by atoms with Crippen molar-refractivity contribution in [2.45, 2.75) is 26.1 Å². The first kappa shape index (κ1) is 23.4. The molecule has 1 fully saturated rings. The minimum Gasteiger partial charge on any atom is -0.350 e. The Hall–Kier alpha value is -4.39. The third-order valence-electron chi connectivity index (χ3n) is 6.40. The molecule has 2 atom stereocenters. The number of rotatable bonds is 4. The molecule has 4 heterocycles. The maximum absolute atomic E-state index is 15.0. The summed E-state index contributed by atoms with van der Waals surface area (Å²) >= 11 is 0. The van der Waals surface area contributed by atoms with Crippen LogP contribution in [-0.4, -0.2) is 62.2 Å². The fourth-order valence-electron chi connectivity index (χ4n) is 4.67. The molecular formula is C26H23F2N7O. The summed E-state index contributed by atoms with van der Waals surface area (Å²) in [6, 6.07) is 11.6. The summed E-state index contributed by atoms with van der Waals surface area (Å²) in [5.41, 5.74) is 1.89. The largest absolute Gasteiger partial charge is 0.350 e. The van der Waals surface area contributed by atoms with E-state index in [9.17, 15) is 18.8 Å². The number of anilines is 1. The van der Waals surface area contributed by atoms with Gasteiger partial charge in [-0.25, -0.2) is 23.7 Å². The van der Waals surface area contributed by atoms with Crippen LogP contribution in [0.2, 0.25) is 0 Å². The zero-order valence-corrected chi connectivity index (χ0v) is 19.8. The van der Waals surface area contributed by atoms with Crippen molar-refractivity contribution in [2.24, 2.45) is 0 Å². The highest BCUT2D eigenvalue weighted by Crippen LogP contribution is 2.38. The number of fused-ring (bicyclic) bond motifs is 1. The Labute approximate surface area is 206 Å². The van der Waals surface area contributed by atoms with Crippen LogP contribution in [0.1, 0.15) is 19.4 Å². The normalized spacial score (nSPS) is 16.7. The second-order valence-electron chi connectivity index (χ2n) is 8.75. The van der Waals surface area contributed by atoms with Gasteiger partial charge in [0.05, 0.1) is 17.0 Å². The van der Waals surface area contributed by atoms with Crippen molar-refractivity contribution in [3.05, 3.63) is 66.5 Å². The van der Waals surface area contributed by atoms with Gasteiger partial charge in [-0.05, 0) is 32.0 Å². The lowest BCUT2D eigenvalue weighted by atomic mass is 10.0. The summed E-state index contributed by atoms with van der Waals surface area (Å²) in [5.74, 6) is 0.120. The molecule has 0 saturated carbocycles. The summed E-state index contributed by atoms with van der Waals surface area (Å²) in [4.78, 5) is 29.2. The Kier molecular flexibility index (Phi) is 6.06. The first-order valence-electron chi connectivity index (χ1n) is 11.6. The van der Waals surface area contributed by atoms with Gasteiger partial charge >= 0.3 is 0 Å². The van der Waals surface area contributed by atoms with Crippen molar-refractivity contribution in [1.29, 1.82) is 5.26 Å². The SMILES string of the molecule is CC(F)C(=O)N1CCN(c2ncnc3c2c(-c2ccccc2F)cn3-c2cc(C#N)ccn2)[C@@H](C)C1. The van der Waals surface area contributed by atoms with Gasteiger partial charge < -0.3 is 9.80 Å². The van der Waals surface area contributed by atoms with Crippen molar-refractivity contribution >= 4 is 22.8 Å². The van der Waals surface area contributed by atoms with Crippen LogP contribution >= 0.6 is 0 Å². The number of aromatic nitrogens is 4. The predicted octanol–water partition coefficient (Wildman–Crippen LogP) is 3.89. The summed E-state index contributed by atoms with van der Waals surface area (Å²) in [7, 11) is 0. The lowest BCUT2D eigenvalue weighted by molar-refractivity contribution is -0.136. The number of hydrogen-bond acceptors (Lipinski definition) is 6. The minimum absolute atomic E-state index is 0.170. The molecule has 1 saturated heterocycles. The molecule has 1 unspecified atom stereocenters. The van der Waals surface area contributed by atoms with E-state index >= 15 is 0 Å². The Morgan fingerprint density at radius 1 is 1.17 bits per heavy atom. The van der Waals surface area contributed by atoms with E-state index in [2.05, 4.69) is 21.0 Å². The average Bonchev–Trinajstić information content (AvgIpc) is 3.28. The van der Waals surface area contributed by atoms with Crippen LogP contribution in [-0.2, 0) is 4.79 Å². The van der Waals surface area contributed by atoms with Crippen molar-refractivity contribution in [2.75, 3.05) is 24.5 Å². The number of piperazine rings is 1. The smallest absolute Gasteiger partial charge is 0.256 e. The van der Waals surface area contributed by atoms with Gasteiger partial charge in [-0.1, -0.05) is 18.2 Å². The molecule has 8 nitrogen and oxygen atoms in total. The number of nitriles is 1. The number of carbonyl (C=O) groups is 1. The van der Waals surface area contributed by atoms with E-state index in [0.717, 1.165) is 0 Å². The molecule has 1 amide bonds. The van der Waals surface area contributed by atoms with E-state index in [-0.39, 0.29) is 6.04 Å². The first-order chi connectivity index (χ1) is 17.4. The Morgan fingerprint density at radius 3 is 2.69 bits per heavy atom. The predicted molar refractivity (Wildman–Crippen MR) is 131 cm³/mol. The summed E-state index contributed by atoms with van der Waals surface area (Å²) in [5, 5.41) is 9.98. The maximum atomic E-state index is 15.0. The molecule has 0 bridgehead atoms. The Morgan fingerprint density at radius 2 is 1.97 bits per heavy atom. The standard InChI is InChI=1S/C26H23F2N7O/c1-16-13-33(26(36)17(2)27)9-10-34(16)24-23-20(19-5-3-4-6-21(19)28)14-35(25(23)32-15-31-24)22-11-18(12-29)7-8-30-22/h3-8,11,14-17H,9-10,13H2,1-2H3/t16-,17?/m0/s1. The molecule has 1 aromatic carbocycles. The lowest BCUT2D eigenvalue weighted by Crippen LogP contribution is -2.55. The highest BCUT2D eigenvalue weighted by atomic mass is 19.1. The topological polar surface area (TPSA) is 90.9 Å². The number of alkyl halides is 1. The van der Waals surface area contributed by atoms with Gasteiger partial charge in [0.2, 0.25) is 0 Å². The van der Waals surface area contributed by atoms with E-state index in [4.69, 9.17) is 0 Å². The van der Waals surface area contributed by atoms with Gasteiger partial charge in [0.25, 0.3) is 5.91 Å². The highest BCUT2D eigenvalue weighted by Gasteiger charge is 2.32. The number of carbonyl (C=O) groups excluding carboxylic acids is 1. The third kappa shape index (κ3) is 4.02. The fraction of sp³-hybridized carbons (Fsp3) is 0.269. The molecule has 1 aliphatic rings. The van der Waals surface area contributed by atoms with Crippen molar-refractivity contribution in [3.8, 4) is 23.0 Å². The van der Waals surface area contributed by atoms with Gasteiger partial charge in [0, 0.05) is 49.2 Å². The van der Waals surface area contributed by atoms with Crippen LogP contribution in [0.4, 0.5) is 14.6 Å². The molecular weight excluding hydrogens is 464 g/mol. The number of halogens is 2. The van der Waals surface area contributed by atoms with Gasteiger partial charge in [0.1, 0.15) is 23.8 Å². The van der Waals surface area contributed by atoms with Crippen LogP contribution in [0.25, 0.3) is 28.0 Å². The molecule has 0 radical (unpaired) electrons. The second-order valence-corrected chi connectivity index (χ2v) is 8.75. The van der Waals surface area contributed by atoms with Crippen molar-refractivity contribution in [1.82, 2.24) is 24.4 Å². The van der Waals surface area contributed by atoms with E-state index in [1.54, 1.807) is 41.1 Å². The Balaban J connectivity index is 1.68. The monoisotopic (exact) mass is 487 g/mol. The molecule has 0 spiro atoms. The van der Waals surface area contributed by atoms with Crippen molar-refractivity contribution < 1.29 is 13.6 Å². The summed E-state index contributed by atoms with van der Waals surface area (Å²) in [6.45, 7) is 4.28. The molecule has 1 aliphatic heterocycles. The number of nitrogens with zero attached hydrogens (tertiary/aromatic N) is 7. The van der Waals surface area contributed by atoms with Gasteiger partial charge in [-0.3, -0.25) is 9.36 Å². The third-order valence-corrected chi connectivity index (χ3v) is 6.40. The van der Waals surface area contributed by atoms with E-state index in [0.29, 0.717) is 59.0 Å². The van der Waals surface area contributed by atoms with E-state index in [1.807, 2.05) is 11.8 Å². The van der Waals surface area contributed by atoms with Crippen LogP contribution < -0.4 is 4.90 Å². The number of hydrogen-bond donors (Lipinski definition) is 0. The lowest BCUT2D eigenvalue weighted by Gasteiger charge is -2.41. The number of amides is 1. The van der Waals surface area contributed by atoms with Crippen LogP contribution in [0.3, 0.4) is 0 Å². The highest BCUT2D eigenvalue weighted by molar-refractivity contribution is 6.02.